The van der Waals surface area contributed by atoms with Crippen molar-refractivity contribution in [3.05, 3.63) is 33.8 Å². The Balaban J connectivity index is 3.07. The van der Waals surface area contributed by atoms with Crippen molar-refractivity contribution in [2.24, 2.45) is 5.14 Å². The number of benzene rings is 1. The molecule has 0 radical (unpaired) electrons. The Morgan fingerprint density at radius 1 is 1.39 bits per heavy atom. The van der Waals surface area contributed by atoms with Crippen LogP contribution >= 0.6 is 23.2 Å². The van der Waals surface area contributed by atoms with E-state index in [9.17, 15) is 13.5 Å². The zero-order valence-electron chi connectivity index (χ0n) is 9.51. The molecule has 102 valence electrons. The van der Waals surface area contributed by atoms with Gasteiger partial charge in [0.25, 0.3) is 0 Å². The van der Waals surface area contributed by atoms with Crippen LogP contribution in [0.3, 0.4) is 0 Å². The van der Waals surface area contributed by atoms with Gasteiger partial charge in [-0.05, 0) is 18.6 Å². The molecule has 0 spiro atoms. The van der Waals surface area contributed by atoms with E-state index in [4.69, 9.17) is 28.3 Å². The van der Waals surface area contributed by atoms with E-state index in [2.05, 4.69) is 4.18 Å². The summed E-state index contributed by atoms with van der Waals surface area (Å²) in [5, 5.41) is 15.3. The molecule has 18 heavy (non-hydrogen) atoms. The Bertz CT molecular complexity index is 500. The van der Waals surface area contributed by atoms with Crippen LogP contribution in [0.2, 0.25) is 10.0 Å². The molecule has 0 amide bonds. The highest BCUT2D eigenvalue weighted by Gasteiger charge is 2.27. The summed E-state index contributed by atoms with van der Waals surface area (Å²) >= 11 is 11.8. The molecule has 1 rings (SSSR count). The van der Waals surface area contributed by atoms with Crippen molar-refractivity contribution in [3.63, 3.8) is 0 Å². The van der Waals surface area contributed by atoms with Crippen LogP contribution in [0.5, 0.6) is 0 Å². The van der Waals surface area contributed by atoms with Gasteiger partial charge in [0.1, 0.15) is 12.2 Å². The molecule has 1 aromatic carbocycles. The molecule has 0 aromatic heterocycles. The summed E-state index contributed by atoms with van der Waals surface area (Å²) in [7, 11) is -4.16. The first kappa shape index (κ1) is 15.7. The van der Waals surface area contributed by atoms with Gasteiger partial charge in [0.15, 0.2) is 0 Å². The molecule has 0 saturated heterocycles. The van der Waals surface area contributed by atoms with Gasteiger partial charge < -0.3 is 5.11 Å². The van der Waals surface area contributed by atoms with Gasteiger partial charge in [0.05, 0.1) is 0 Å². The van der Waals surface area contributed by atoms with Crippen molar-refractivity contribution in [2.45, 2.75) is 25.6 Å². The fraction of sp³-hybridized carbons (Fsp3) is 0.400. The highest BCUT2D eigenvalue weighted by Crippen LogP contribution is 2.33. The minimum Gasteiger partial charge on any atom is -0.386 e. The summed E-state index contributed by atoms with van der Waals surface area (Å²) in [6.45, 7) is 1.64. The van der Waals surface area contributed by atoms with Gasteiger partial charge in [-0.2, -0.15) is 8.42 Å². The van der Waals surface area contributed by atoms with Gasteiger partial charge in [-0.15, -0.1) is 0 Å². The summed E-state index contributed by atoms with van der Waals surface area (Å²) in [6, 6.07) is 4.69. The number of nitrogens with two attached hydrogens (primary N) is 1. The molecule has 2 atom stereocenters. The molecule has 5 nitrogen and oxygen atoms in total. The molecular weight excluding hydrogens is 301 g/mol. The van der Waals surface area contributed by atoms with Crippen LogP contribution in [-0.4, -0.2) is 19.6 Å². The predicted molar refractivity (Wildman–Crippen MR) is 69.7 cm³/mol. The molecule has 0 bridgehead atoms. The molecule has 0 saturated carbocycles. The first-order chi connectivity index (χ1) is 8.26. The van der Waals surface area contributed by atoms with Crippen LogP contribution in [0.4, 0.5) is 0 Å². The lowest BCUT2D eigenvalue weighted by atomic mass is 10.0. The van der Waals surface area contributed by atoms with Gasteiger partial charge in [0.2, 0.25) is 0 Å². The lowest BCUT2D eigenvalue weighted by Gasteiger charge is -2.22. The highest BCUT2D eigenvalue weighted by atomic mass is 35.5. The normalized spacial score (nSPS) is 15.4. The predicted octanol–water partition coefficient (Wildman–Crippen LogP) is 2.03. The average Bonchev–Trinajstić information content (AvgIpc) is 2.24. The van der Waals surface area contributed by atoms with E-state index in [0.29, 0.717) is 0 Å². The number of hydrogen-bond acceptors (Lipinski definition) is 4. The van der Waals surface area contributed by atoms with Gasteiger partial charge in [-0.25, -0.2) is 5.14 Å². The van der Waals surface area contributed by atoms with Crippen LogP contribution in [0, 0.1) is 0 Å². The lowest BCUT2D eigenvalue weighted by molar-refractivity contribution is 0.0374. The second-order valence-corrected chi connectivity index (χ2v) is 5.61. The number of aliphatic hydroxyl groups is 1. The second-order valence-electron chi connectivity index (χ2n) is 3.62. The first-order valence-electron chi connectivity index (χ1n) is 5.09. The lowest BCUT2D eigenvalue weighted by Crippen LogP contribution is -2.29. The molecule has 0 unspecified atom stereocenters. The molecule has 1 aromatic rings. The molecule has 0 heterocycles. The van der Waals surface area contributed by atoms with Crippen molar-refractivity contribution >= 4 is 33.5 Å². The number of rotatable bonds is 5. The van der Waals surface area contributed by atoms with Crippen LogP contribution in [-0.2, 0) is 14.5 Å². The molecular formula is C10H13Cl2NO4S. The first-order valence-corrected chi connectivity index (χ1v) is 7.32. The summed E-state index contributed by atoms with van der Waals surface area (Å²) in [4.78, 5) is 0. The van der Waals surface area contributed by atoms with E-state index in [-0.39, 0.29) is 22.0 Å². The van der Waals surface area contributed by atoms with Gasteiger partial charge in [-0.3, -0.25) is 4.18 Å². The fourth-order valence-corrected chi connectivity index (χ4v) is 2.70. The smallest absolute Gasteiger partial charge is 0.333 e. The van der Waals surface area contributed by atoms with Crippen molar-refractivity contribution in [1.82, 2.24) is 0 Å². The van der Waals surface area contributed by atoms with Gasteiger partial charge >= 0.3 is 10.3 Å². The molecule has 0 aliphatic heterocycles. The maximum atomic E-state index is 10.9. The van der Waals surface area contributed by atoms with E-state index in [0.717, 1.165) is 0 Å². The zero-order valence-corrected chi connectivity index (χ0v) is 11.8. The topological polar surface area (TPSA) is 89.6 Å². The standard InChI is InChI=1S/C10H13Cl2NO4S/c1-2-8(17-18(13,15)16)10(14)9-6(11)4-3-5-7(9)12/h3-5,8,10,14H,2H2,1H3,(H2,13,15,16)/t8-,10+/m1/s1. The summed E-state index contributed by atoms with van der Waals surface area (Å²) in [6.07, 6.45) is -2.11. The third-order valence-electron chi connectivity index (χ3n) is 2.31. The Morgan fingerprint density at radius 2 is 1.89 bits per heavy atom. The SMILES string of the molecule is CC[C@@H](OS(N)(=O)=O)[C@H](O)c1c(Cl)cccc1Cl. The van der Waals surface area contributed by atoms with E-state index >= 15 is 0 Å². The number of hydrogen-bond donors (Lipinski definition) is 2. The Labute approximate surface area is 116 Å². The largest absolute Gasteiger partial charge is 0.386 e. The minimum absolute atomic E-state index is 0.219. The third-order valence-corrected chi connectivity index (χ3v) is 3.48. The van der Waals surface area contributed by atoms with E-state index in [1.165, 1.54) is 12.1 Å². The van der Waals surface area contributed by atoms with Crippen molar-refractivity contribution in [3.8, 4) is 0 Å². The van der Waals surface area contributed by atoms with Crippen LogP contribution in [0.15, 0.2) is 18.2 Å². The van der Waals surface area contributed by atoms with Crippen LogP contribution in [0.25, 0.3) is 0 Å². The minimum atomic E-state index is -4.16. The quantitative estimate of drug-likeness (QED) is 0.870. The Kier molecular flexibility index (Phi) is 5.39. The van der Waals surface area contributed by atoms with Crippen molar-refractivity contribution in [1.29, 1.82) is 0 Å². The molecule has 0 fully saturated rings. The zero-order chi connectivity index (χ0) is 13.9. The third kappa shape index (κ3) is 4.08. The van der Waals surface area contributed by atoms with E-state index in [1.54, 1.807) is 13.0 Å². The van der Waals surface area contributed by atoms with Gasteiger partial charge in [-0.1, -0.05) is 36.2 Å². The number of halogens is 2. The Morgan fingerprint density at radius 3 is 2.28 bits per heavy atom. The van der Waals surface area contributed by atoms with E-state index < -0.39 is 22.5 Å². The van der Waals surface area contributed by atoms with Gasteiger partial charge in [0, 0.05) is 15.6 Å². The van der Waals surface area contributed by atoms with Crippen molar-refractivity contribution < 1.29 is 17.7 Å². The Hall–Kier alpha value is -0.370. The molecule has 0 aliphatic rings. The number of aliphatic hydroxyl groups excluding tert-OH is 1. The maximum Gasteiger partial charge on any atom is 0.333 e. The highest BCUT2D eigenvalue weighted by molar-refractivity contribution is 7.84. The van der Waals surface area contributed by atoms with Crippen LogP contribution < -0.4 is 5.14 Å². The van der Waals surface area contributed by atoms with E-state index in [1.807, 2.05) is 0 Å². The molecule has 3 N–H and O–H groups in total. The monoisotopic (exact) mass is 313 g/mol. The second kappa shape index (κ2) is 6.18. The average molecular weight is 314 g/mol. The van der Waals surface area contributed by atoms with Crippen molar-refractivity contribution in [2.75, 3.05) is 0 Å². The van der Waals surface area contributed by atoms with Crippen LogP contribution in [0.1, 0.15) is 25.0 Å². The maximum absolute atomic E-state index is 10.9. The fourth-order valence-electron chi connectivity index (χ4n) is 1.50. The molecule has 8 heteroatoms. The summed E-state index contributed by atoms with van der Waals surface area (Å²) < 4.78 is 26.4. The molecule has 0 aliphatic carbocycles. The summed E-state index contributed by atoms with van der Waals surface area (Å²) in [5.74, 6) is 0. The summed E-state index contributed by atoms with van der Waals surface area (Å²) in [5.41, 5.74) is 0.219.